The molecule has 1 fully saturated rings. The molecule has 5 heteroatoms. The topological polar surface area (TPSA) is 56.8 Å². The van der Waals surface area contributed by atoms with Gasteiger partial charge in [0.25, 0.3) is 0 Å². The Bertz CT molecular complexity index is 446. The van der Waals surface area contributed by atoms with Crippen molar-refractivity contribution in [3.8, 4) is 5.75 Å². The number of aliphatic hydroxyl groups is 1. The zero-order valence-corrected chi connectivity index (χ0v) is 13.8. The van der Waals surface area contributed by atoms with Crippen LogP contribution in [0.25, 0.3) is 0 Å². The highest BCUT2D eigenvalue weighted by molar-refractivity contribution is 5.60. The summed E-state index contributed by atoms with van der Waals surface area (Å²) < 4.78 is 6.04. The van der Waals surface area contributed by atoms with Crippen molar-refractivity contribution in [1.82, 2.24) is 10.6 Å². The summed E-state index contributed by atoms with van der Waals surface area (Å²) in [5.74, 6) is 0.971. The second kappa shape index (κ2) is 8.98. The molecule has 124 valence electrons. The molecule has 1 aromatic rings. The standard InChI is InChI=1S/C17H29N3O2/c1-14(2)22-17-12-15(13-19-6-3-11-21)4-5-16(17)20-9-7-18-8-10-20/h4-5,12,14,18-19,21H,3,6-11,13H2,1-2H3. The van der Waals surface area contributed by atoms with Gasteiger partial charge in [0.15, 0.2) is 0 Å². The fourth-order valence-electron chi connectivity index (χ4n) is 2.62. The minimum atomic E-state index is 0.166. The number of hydrogen-bond donors (Lipinski definition) is 3. The van der Waals surface area contributed by atoms with E-state index < -0.39 is 0 Å². The molecule has 0 amide bonds. The first-order valence-corrected chi connectivity index (χ1v) is 8.27. The zero-order chi connectivity index (χ0) is 15.8. The Balaban J connectivity index is 2.07. The number of anilines is 1. The van der Waals surface area contributed by atoms with Crippen LogP contribution in [0.3, 0.4) is 0 Å². The minimum absolute atomic E-state index is 0.166. The van der Waals surface area contributed by atoms with Gasteiger partial charge in [-0.15, -0.1) is 0 Å². The SMILES string of the molecule is CC(C)Oc1cc(CNCCCO)ccc1N1CCNCC1. The van der Waals surface area contributed by atoms with E-state index in [1.54, 1.807) is 0 Å². The van der Waals surface area contributed by atoms with Gasteiger partial charge in [-0.2, -0.15) is 0 Å². The lowest BCUT2D eigenvalue weighted by atomic mass is 10.1. The van der Waals surface area contributed by atoms with Gasteiger partial charge in [-0.3, -0.25) is 0 Å². The number of benzene rings is 1. The molecular weight excluding hydrogens is 278 g/mol. The third-order valence-electron chi connectivity index (χ3n) is 3.69. The summed E-state index contributed by atoms with van der Waals surface area (Å²) in [5, 5.41) is 15.5. The number of nitrogens with zero attached hydrogens (tertiary/aromatic N) is 1. The predicted molar refractivity (Wildman–Crippen MR) is 90.7 cm³/mol. The van der Waals surface area contributed by atoms with Crippen molar-refractivity contribution in [1.29, 1.82) is 0 Å². The molecule has 3 N–H and O–H groups in total. The van der Waals surface area contributed by atoms with Gasteiger partial charge >= 0.3 is 0 Å². The van der Waals surface area contributed by atoms with Gasteiger partial charge in [0.1, 0.15) is 5.75 Å². The second-order valence-corrected chi connectivity index (χ2v) is 5.96. The predicted octanol–water partition coefficient (Wildman–Crippen LogP) is 1.36. The van der Waals surface area contributed by atoms with E-state index in [-0.39, 0.29) is 12.7 Å². The Morgan fingerprint density at radius 3 is 2.77 bits per heavy atom. The van der Waals surface area contributed by atoms with Crippen LogP contribution < -0.4 is 20.3 Å². The number of nitrogens with one attached hydrogen (secondary N) is 2. The average Bonchev–Trinajstić information content (AvgIpc) is 2.52. The Hall–Kier alpha value is -1.30. The third-order valence-corrected chi connectivity index (χ3v) is 3.69. The molecular formula is C17H29N3O2. The Morgan fingerprint density at radius 2 is 2.09 bits per heavy atom. The maximum Gasteiger partial charge on any atom is 0.143 e. The molecule has 0 atom stereocenters. The molecule has 1 aromatic carbocycles. The first-order valence-electron chi connectivity index (χ1n) is 8.27. The number of rotatable bonds is 8. The molecule has 0 saturated carbocycles. The number of hydrogen-bond acceptors (Lipinski definition) is 5. The summed E-state index contributed by atoms with van der Waals surface area (Å²) in [6.07, 6.45) is 0.952. The van der Waals surface area contributed by atoms with E-state index in [1.165, 1.54) is 11.3 Å². The van der Waals surface area contributed by atoms with Gasteiger partial charge in [0, 0.05) is 39.3 Å². The van der Waals surface area contributed by atoms with Crippen molar-refractivity contribution in [2.45, 2.75) is 32.9 Å². The van der Waals surface area contributed by atoms with Crippen molar-refractivity contribution in [3.05, 3.63) is 23.8 Å². The van der Waals surface area contributed by atoms with Crippen LogP contribution in [0.15, 0.2) is 18.2 Å². The first-order chi connectivity index (χ1) is 10.7. The lowest BCUT2D eigenvalue weighted by Crippen LogP contribution is -2.43. The molecule has 1 saturated heterocycles. The van der Waals surface area contributed by atoms with Crippen LogP contribution in [0.2, 0.25) is 0 Å². The van der Waals surface area contributed by atoms with Gasteiger partial charge in [-0.1, -0.05) is 6.07 Å². The summed E-state index contributed by atoms with van der Waals surface area (Å²) >= 11 is 0. The molecule has 0 aromatic heterocycles. The highest BCUT2D eigenvalue weighted by atomic mass is 16.5. The lowest BCUT2D eigenvalue weighted by Gasteiger charge is -2.31. The lowest BCUT2D eigenvalue weighted by molar-refractivity contribution is 0.242. The van der Waals surface area contributed by atoms with Gasteiger partial charge in [-0.05, 0) is 44.5 Å². The van der Waals surface area contributed by atoms with Crippen LogP contribution in [-0.4, -0.2) is 50.5 Å². The van der Waals surface area contributed by atoms with Gasteiger partial charge in [0.2, 0.25) is 0 Å². The summed E-state index contributed by atoms with van der Waals surface area (Å²) in [4.78, 5) is 2.39. The van der Waals surface area contributed by atoms with Gasteiger partial charge < -0.3 is 25.4 Å². The molecule has 1 heterocycles. The molecule has 22 heavy (non-hydrogen) atoms. The molecule has 2 rings (SSSR count). The normalized spacial score (nSPS) is 15.4. The first kappa shape index (κ1) is 17.1. The van der Waals surface area contributed by atoms with Gasteiger partial charge in [0.05, 0.1) is 11.8 Å². The van der Waals surface area contributed by atoms with Crippen molar-refractivity contribution in [3.63, 3.8) is 0 Å². The third kappa shape index (κ3) is 5.16. The van der Waals surface area contributed by atoms with E-state index >= 15 is 0 Å². The van der Waals surface area contributed by atoms with Crippen molar-refractivity contribution in [2.24, 2.45) is 0 Å². The Morgan fingerprint density at radius 1 is 1.32 bits per heavy atom. The summed E-state index contributed by atoms with van der Waals surface area (Å²) in [7, 11) is 0. The van der Waals surface area contributed by atoms with Crippen LogP contribution in [0.5, 0.6) is 5.75 Å². The van der Waals surface area contributed by atoms with E-state index in [0.717, 1.165) is 51.4 Å². The molecule has 1 aliphatic heterocycles. The number of aliphatic hydroxyl groups excluding tert-OH is 1. The quantitative estimate of drug-likeness (QED) is 0.633. The molecule has 0 radical (unpaired) electrons. The maximum atomic E-state index is 8.82. The monoisotopic (exact) mass is 307 g/mol. The van der Waals surface area contributed by atoms with Crippen LogP contribution in [-0.2, 0) is 6.54 Å². The van der Waals surface area contributed by atoms with Crippen LogP contribution in [0.4, 0.5) is 5.69 Å². The van der Waals surface area contributed by atoms with Crippen molar-refractivity contribution < 1.29 is 9.84 Å². The second-order valence-electron chi connectivity index (χ2n) is 5.96. The highest BCUT2D eigenvalue weighted by Gasteiger charge is 2.16. The van der Waals surface area contributed by atoms with Gasteiger partial charge in [-0.25, -0.2) is 0 Å². The summed E-state index contributed by atoms with van der Waals surface area (Å²) in [6, 6.07) is 6.48. The molecule has 0 spiro atoms. The fraction of sp³-hybridized carbons (Fsp3) is 0.647. The summed E-state index contributed by atoms with van der Waals surface area (Å²) in [6.45, 7) is 10.1. The van der Waals surface area contributed by atoms with Crippen molar-refractivity contribution in [2.75, 3.05) is 44.2 Å². The van der Waals surface area contributed by atoms with E-state index in [4.69, 9.17) is 9.84 Å². The van der Waals surface area contributed by atoms with E-state index in [1.807, 2.05) is 0 Å². The molecule has 0 aliphatic carbocycles. The fourth-order valence-corrected chi connectivity index (χ4v) is 2.62. The molecule has 0 bridgehead atoms. The maximum absolute atomic E-state index is 8.82. The molecule has 1 aliphatic rings. The zero-order valence-electron chi connectivity index (χ0n) is 13.8. The van der Waals surface area contributed by atoms with Crippen LogP contribution >= 0.6 is 0 Å². The van der Waals surface area contributed by atoms with E-state index in [2.05, 4.69) is 47.6 Å². The molecule has 5 nitrogen and oxygen atoms in total. The van der Waals surface area contributed by atoms with Crippen LogP contribution in [0.1, 0.15) is 25.8 Å². The number of piperazine rings is 1. The Kier molecular flexibility index (Phi) is 6.96. The average molecular weight is 307 g/mol. The van der Waals surface area contributed by atoms with E-state index in [0.29, 0.717) is 0 Å². The molecule has 0 unspecified atom stereocenters. The summed E-state index contributed by atoms with van der Waals surface area (Å²) in [5.41, 5.74) is 2.40. The van der Waals surface area contributed by atoms with E-state index in [9.17, 15) is 0 Å². The van der Waals surface area contributed by atoms with Crippen LogP contribution in [0, 0.1) is 0 Å². The number of ether oxygens (including phenoxy) is 1. The van der Waals surface area contributed by atoms with Crippen molar-refractivity contribution >= 4 is 5.69 Å². The smallest absolute Gasteiger partial charge is 0.143 e. The minimum Gasteiger partial charge on any atom is -0.489 e. The Labute approximate surface area is 133 Å². The largest absolute Gasteiger partial charge is 0.489 e. The highest BCUT2D eigenvalue weighted by Crippen LogP contribution is 2.30.